The second kappa shape index (κ2) is 11.0. The van der Waals surface area contributed by atoms with Crippen molar-refractivity contribution >= 4 is 36.6 Å². The Kier molecular flexibility index (Phi) is 9.33. The van der Waals surface area contributed by atoms with Crippen LogP contribution >= 0.6 is 24.8 Å². The van der Waals surface area contributed by atoms with Crippen LogP contribution in [-0.2, 0) is 0 Å². The molecule has 3 rings (SSSR count). The molecule has 146 valence electrons. The fraction of sp³-hybridized carbons (Fsp3) is 0.333. The predicted molar refractivity (Wildman–Crippen MR) is 116 cm³/mol. The lowest BCUT2D eigenvalue weighted by molar-refractivity contribution is 0.230. The average molecular weight is 409 g/mol. The van der Waals surface area contributed by atoms with E-state index in [0.717, 1.165) is 47.7 Å². The lowest BCUT2D eigenvalue weighted by Crippen LogP contribution is -2.12. The van der Waals surface area contributed by atoms with Gasteiger partial charge in [0, 0.05) is 24.5 Å². The van der Waals surface area contributed by atoms with E-state index in [0.29, 0.717) is 0 Å². The summed E-state index contributed by atoms with van der Waals surface area (Å²) in [7, 11) is 1.67. The van der Waals surface area contributed by atoms with E-state index in [1.165, 1.54) is 5.57 Å². The zero-order valence-electron chi connectivity index (χ0n) is 15.8. The number of ether oxygens (including phenoxy) is 2. The van der Waals surface area contributed by atoms with E-state index in [2.05, 4.69) is 23.2 Å². The molecule has 0 radical (unpaired) electrons. The Bertz CT molecular complexity index is 790. The van der Waals surface area contributed by atoms with Gasteiger partial charge in [-0.2, -0.15) is 0 Å². The molecule has 0 atom stereocenters. The Balaban J connectivity index is 0.00000182. The van der Waals surface area contributed by atoms with Crippen molar-refractivity contribution in [3.63, 3.8) is 0 Å². The van der Waals surface area contributed by atoms with Gasteiger partial charge in [-0.05, 0) is 68.2 Å². The van der Waals surface area contributed by atoms with Crippen molar-refractivity contribution in [2.75, 3.05) is 13.7 Å². The van der Waals surface area contributed by atoms with Crippen LogP contribution in [0.25, 0.3) is 6.08 Å². The third kappa shape index (κ3) is 5.98. The Morgan fingerprint density at radius 2 is 1.93 bits per heavy atom. The van der Waals surface area contributed by atoms with E-state index in [1.807, 2.05) is 38.2 Å². The zero-order valence-corrected chi connectivity index (χ0v) is 17.5. The summed E-state index contributed by atoms with van der Waals surface area (Å²) in [6.45, 7) is 4.88. The Labute approximate surface area is 173 Å². The average Bonchev–Trinajstić information content (AvgIpc) is 2.64. The maximum absolute atomic E-state index is 5.79. The molecule has 1 aliphatic heterocycles. The van der Waals surface area contributed by atoms with Crippen molar-refractivity contribution < 1.29 is 9.47 Å². The standard InChI is InChI=1S/C21H24N2O2.2ClH/c1-15(2)25-19-9-8-16(13-20(19)24-3)12-17-6-5-11-23-21(17)18-7-4-10-22-14-18;;/h4,7-10,12-15H,5-6,11H2,1-3H3;2*1H/b17-12+;;. The van der Waals surface area contributed by atoms with Crippen LogP contribution in [0.15, 0.2) is 53.3 Å². The van der Waals surface area contributed by atoms with Crippen LogP contribution in [-0.4, -0.2) is 30.5 Å². The number of nitrogens with zero attached hydrogens (tertiary/aromatic N) is 2. The molecule has 0 amide bonds. The van der Waals surface area contributed by atoms with Gasteiger partial charge in [0.15, 0.2) is 11.5 Å². The fourth-order valence-electron chi connectivity index (χ4n) is 2.93. The molecule has 27 heavy (non-hydrogen) atoms. The maximum Gasteiger partial charge on any atom is 0.161 e. The van der Waals surface area contributed by atoms with E-state index < -0.39 is 0 Å². The van der Waals surface area contributed by atoms with Crippen LogP contribution in [0.3, 0.4) is 0 Å². The van der Waals surface area contributed by atoms with Gasteiger partial charge in [0.05, 0.1) is 18.9 Å². The van der Waals surface area contributed by atoms with Crippen LogP contribution in [0.5, 0.6) is 11.5 Å². The summed E-state index contributed by atoms with van der Waals surface area (Å²) in [6, 6.07) is 10.0. The summed E-state index contributed by atoms with van der Waals surface area (Å²) < 4.78 is 11.3. The van der Waals surface area contributed by atoms with Crippen molar-refractivity contribution in [2.45, 2.75) is 32.8 Å². The van der Waals surface area contributed by atoms with Gasteiger partial charge >= 0.3 is 0 Å². The maximum atomic E-state index is 5.79. The van der Waals surface area contributed by atoms with Crippen LogP contribution in [0.1, 0.15) is 37.8 Å². The summed E-state index contributed by atoms with van der Waals surface area (Å²) in [4.78, 5) is 8.95. The molecule has 0 fully saturated rings. The summed E-state index contributed by atoms with van der Waals surface area (Å²) in [5, 5.41) is 0. The van der Waals surface area contributed by atoms with Crippen molar-refractivity contribution in [2.24, 2.45) is 4.99 Å². The molecular formula is C21H26Cl2N2O2. The number of benzene rings is 1. The molecule has 0 bridgehead atoms. The second-order valence-electron chi connectivity index (χ2n) is 6.32. The van der Waals surface area contributed by atoms with Gasteiger partial charge in [0.2, 0.25) is 0 Å². The number of pyridine rings is 1. The Morgan fingerprint density at radius 3 is 2.59 bits per heavy atom. The van der Waals surface area contributed by atoms with Crippen molar-refractivity contribution in [1.82, 2.24) is 4.98 Å². The summed E-state index contributed by atoms with van der Waals surface area (Å²) in [5.41, 5.74) is 4.43. The third-order valence-electron chi connectivity index (χ3n) is 4.00. The molecule has 4 nitrogen and oxygen atoms in total. The van der Waals surface area contributed by atoms with Gasteiger partial charge in [-0.1, -0.05) is 6.07 Å². The quantitative estimate of drug-likeness (QED) is 0.665. The number of rotatable bonds is 5. The monoisotopic (exact) mass is 408 g/mol. The summed E-state index contributed by atoms with van der Waals surface area (Å²) in [5.74, 6) is 1.52. The zero-order chi connectivity index (χ0) is 17.6. The minimum Gasteiger partial charge on any atom is -0.493 e. The number of halogens is 2. The van der Waals surface area contributed by atoms with Crippen molar-refractivity contribution in [3.8, 4) is 11.5 Å². The highest BCUT2D eigenvalue weighted by Crippen LogP contribution is 2.31. The number of methoxy groups -OCH3 is 1. The normalized spacial score (nSPS) is 14.8. The number of hydrogen-bond donors (Lipinski definition) is 0. The lowest BCUT2D eigenvalue weighted by atomic mass is 9.95. The van der Waals surface area contributed by atoms with E-state index >= 15 is 0 Å². The summed E-state index contributed by atoms with van der Waals surface area (Å²) >= 11 is 0. The molecule has 0 spiro atoms. The third-order valence-corrected chi connectivity index (χ3v) is 4.00. The van der Waals surface area contributed by atoms with Gasteiger partial charge in [-0.3, -0.25) is 9.98 Å². The Morgan fingerprint density at radius 1 is 1.11 bits per heavy atom. The van der Waals surface area contributed by atoms with Crippen LogP contribution in [0.2, 0.25) is 0 Å². The smallest absolute Gasteiger partial charge is 0.161 e. The van der Waals surface area contributed by atoms with Gasteiger partial charge in [-0.15, -0.1) is 24.8 Å². The lowest BCUT2D eigenvalue weighted by Gasteiger charge is -2.17. The van der Waals surface area contributed by atoms with Crippen molar-refractivity contribution in [3.05, 3.63) is 59.4 Å². The molecule has 1 aromatic carbocycles. The van der Waals surface area contributed by atoms with E-state index in [-0.39, 0.29) is 30.9 Å². The fourth-order valence-corrected chi connectivity index (χ4v) is 2.93. The Hall–Kier alpha value is -2.04. The summed E-state index contributed by atoms with van der Waals surface area (Å²) in [6.07, 6.45) is 8.04. The minimum atomic E-state index is 0. The van der Waals surface area contributed by atoms with Crippen LogP contribution in [0, 0.1) is 0 Å². The molecule has 2 heterocycles. The molecule has 0 unspecified atom stereocenters. The number of aliphatic imine (C=N–C) groups is 1. The van der Waals surface area contributed by atoms with Gasteiger partial charge < -0.3 is 9.47 Å². The van der Waals surface area contributed by atoms with Crippen LogP contribution < -0.4 is 9.47 Å². The molecule has 0 saturated carbocycles. The van der Waals surface area contributed by atoms with E-state index in [9.17, 15) is 0 Å². The highest BCUT2D eigenvalue weighted by molar-refractivity contribution is 6.15. The van der Waals surface area contributed by atoms with Gasteiger partial charge in [0.25, 0.3) is 0 Å². The van der Waals surface area contributed by atoms with Crippen molar-refractivity contribution in [1.29, 1.82) is 0 Å². The molecule has 0 saturated heterocycles. The first kappa shape index (κ1) is 23.0. The SMILES string of the molecule is COc1cc(/C=C2\CCCN=C2c2cccnc2)ccc1OC(C)C.Cl.Cl. The largest absolute Gasteiger partial charge is 0.493 e. The first-order valence-electron chi connectivity index (χ1n) is 8.68. The molecule has 1 aromatic heterocycles. The number of allylic oxidation sites excluding steroid dienone is 1. The highest BCUT2D eigenvalue weighted by Gasteiger charge is 2.15. The molecule has 6 heteroatoms. The highest BCUT2D eigenvalue weighted by atomic mass is 35.5. The van der Waals surface area contributed by atoms with E-state index in [1.54, 1.807) is 13.3 Å². The molecule has 1 aliphatic rings. The molecule has 0 aliphatic carbocycles. The topological polar surface area (TPSA) is 43.7 Å². The van der Waals surface area contributed by atoms with E-state index in [4.69, 9.17) is 14.5 Å². The minimum absolute atomic E-state index is 0. The van der Waals surface area contributed by atoms with Gasteiger partial charge in [0.1, 0.15) is 0 Å². The first-order chi connectivity index (χ1) is 12.2. The predicted octanol–water partition coefficient (Wildman–Crippen LogP) is 5.39. The molecular weight excluding hydrogens is 383 g/mol. The molecule has 2 aromatic rings. The van der Waals surface area contributed by atoms with Crippen LogP contribution in [0.4, 0.5) is 0 Å². The second-order valence-corrected chi connectivity index (χ2v) is 6.32. The number of aromatic nitrogens is 1. The number of hydrogen-bond acceptors (Lipinski definition) is 4. The van der Waals surface area contributed by atoms with Gasteiger partial charge in [-0.25, -0.2) is 0 Å². The first-order valence-corrected chi connectivity index (χ1v) is 8.68. The molecule has 0 N–H and O–H groups in total.